The maximum absolute atomic E-state index is 12.6. The van der Waals surface area contributed by atoms with Crippen LogP contribution in [0.1, 0.15) is 0 Å². The Morgan fingerprint density at radius 2 is 1.07 bits per heavy atom. The summed E-state index contributed by atoms with van der Waals surface area (Å²) < 4.78 is 81.0. The van der Waals surface area contributed by atoms with E-state index in [1.807, 2.05) is 0 Å². The summed E-state index contributed by atoms with van der Waals surface area (Å²) in [6, 6.07) is 23.8. The second kappa shape index (κ2) is 15.4. The first-order valence-electron chi connectivity index (χ1n) is 15.9. The molecule has 6 aromatic carbocycles. The van der Waals surface area contributed by atoms with E-state index in [1.54, 1.807) is 60.7 Å². The number of azo groups is 3. The third kappa shape index (κ3) is 8.07. The lowest BCUT2D eigenvalue weighted by molar-refractivity contribution is 0.415. The van der Waals surface area contributed by atoms with Crippen LogP contribution in [0.15, 0.2) is 138 Å². The van der Waals surface area contributed by atoms with Crippen LogP contribution in [0.2, 0.25) is 0 Å². The van der Waals surface area contributed by atoms with Crippen LogP contribution in [0.4, 0.5) is 45.5 Å². The minimum absolute atomic E-state index is 0.0104. The number of nitrogens with two attached hydrogens (primary N) is 2. The van der Waals surface area contributed by atoms with Crippen LogP contribution in [0.25, 0.3) is 21.9 Å². The summed E-state index contributed by atoms with van der Waals surface area (Å²) in [7, 11) is -7.36. The smallest absolute Gasteiger partial charge is 0.296 e. The molecule has 8 N–H and O–H groups in total. The lowest BCUT2D eigenvalue weighted by atomic mass is 10.0. The summed E-state index contributed by atoms with van der Waals surface area (Å²) in [5, 5.41) is 44.5. The highest BCUT2D eigenvalue weighted by Gasteiger charge is 2.28. The zero-order valence-electron chi connectivity index (χ0n) is 29.1. The van der Waals surface area contributed by atoms with E-state index in [0.717, 1.165) is 12.1 Å². The van der Waals surface area contributed by atoms with Crippen molar-refractivity contribution in [3.8, 4) is 34.1 Å². The van der Waals surface area contributed by atoms with Gasteiger partial charge in [-0.05, 0) is 77.2 Å². The maximum Gasteiger partial charge on any atom is 0.296 e. The second-order valence-electron chi connectivity index (χ2n) is 11.7. The molecule has 0 unspecified atom stereocenters. The first-order valence-corrected chi connectivity index (χ1v) is 18.8. The molecule has 0 fully saturated rings. The molecule has 286 valence electrons. The SMILES string of the molecule is COc1cc(-c2ccc(N=Nc3c(S(=O)(=O)O)cc4cc(S(=O)(=O)O)c(N=Nc5ccccc5)c(O)c4c3N)c(OC)c2)ccc1N=Nc1ccc(O)cc1N. The molecule has 0 heterocycles. The molecule has 18 nitrogen and oxygen atoms in total. The quantitative estimate of drug-likeness (QED) is 0.0407. The number of rotatable bonds is 11. The summed E-state index contributed by atoms with van der Waals surface area (Å²) in [4.78, 5) is -1.81. The zero-order valence-corrected chi connectivity index (χ0v) is 30.8. The first-order chi connectivity index (χ1) is 26.6. The lowest BCUT2D eigenvalue weighted by Gasteiger charge is -2.14. The fraction of sp³-hybridized carbons (Fsp3) is 0.0556. The molecule has 0 aromatic heterocycles. The molecule has 0 aliphatic heterocycles. The van der Waals surface area contributed by atoms with Crippen molar-refractivity contribution in [2.24, 2.45) is 30.7 Å². The van der Waals surface area contributed by atoms with E-state index in [2.05, 4.69) is 30.7 Å². The van der Waals surface area contributed by atoms with Crippen molar-refractivity contribution in [3.63, 3.8) is 0 Å². The van der Waals surface area contributed by atoms with Crippen LogP contribution < -0.4 is 20.9 Å². The van der Waals surface area contributed by atoms with E-state index in [9.17, 15) is 36.2 Å². The van der Waals surface area contributed by atoms with Gasteiger partial charge in [-0.25, -0.2) is 0 Å². The van der Waals surface area contributed by atoms with Crippen LogP contribution in [-0.4, -0.2) is 50.4 Å². The van der Waals surface area contributed by atoms with Gasteiger partial charge in [0.05, 0.1) is 36.7 Å². The molecule has 0 radical (unpaired) electrons. The van der Waals surface area contributed by atoms with E-state index in [-0.39, 0.29) is 39.3 Å². The number of benzene rings is 6. The van der Waals surface area contributed by atoms with Crippen molar-refractivity contribution in [3.05, 3.63) is 97.1 Å². The predicted octanol–water partition coefficient (Wildman–Crippen LogP) is 8.84. The molecule has 0 aliphatic carbocycles. The Hall–Kier alpha value is -7.00. The van der Waals surface area contributed by atoms with Crippen LogP contribution in [0.5, 0.6) is 23.0 Å². The minimum Gasteiger partial charge on any atom is -0.508 e. The second-order valence-corrected chi connectivity index (χ2v) is 14.5. The predicted molar refractivity (Wildman–Crippen MR) is 206 cm³/mol. The van der Waals surface area contributed by atoms with Crippen molar-refractivity contribution in [2.45, 2.75) is 9.79 Å². The summed E-state index contributed by atoms with van der Waals surface area (Å²) in [6.45, 7) is 0. The maximum atomic E-state index is 12.6. The standard InChI is InChI=1S/C36H30N8O10S2/c1-53-28-14-19(8-11-26(28)41-40-25-13-10-23(45)18-24(25)37)20-9-12-27(29(15-20)54-2)42-43-34-30(55(47,48)49)16-21-17-31(56(50,51)52)35(36(46)32(21)33(34)38)44-39-22-6-4-3-5-7-22/h3-18,45-46H,37-38H2,1-2H3,(H,47,48,49)(H,50,51,52). The molecule has 56 heavy (non-hydrogen) atoms. The fourth-order valence-electron chi connectivity index (χ4n) is 5.43. The molecule has 0 aliphatic rings. The molecule has 0 saturated carbocycles. The van der Waals surface area contributed by atoms with Crippen molar-refractivity contribution < 1.29 is 45.6 Å². The summed E-state index contributed by atoms with van der Waals surface area (Å²) >= 11 is 0. The highest BCUT2D eigenvalue weighted by atomic mass is 32.2. The van der Waals surface area contributed by atoms with Gasteiger partial charge in [-0.15, -0.1) is 25.6 Å². The van der Waals surface area contributed by atoms with E-state index >= 15 is 0 Å². The van der Waals surface area contributed by atoms with Gasteiger partial charge in [0, 0.05) is 6.07 Å². The molecule has 20 heteroatoms. The fourth-order valence-corrected chi connectivity index (χ4v) is 6.76. The van der Waals surface area contributed by atoms with Crippen molar-refractivity contribution >= 4 is 76.5 Å². The Morgan fingerprint density at radius 1 is 0.571 bits per heavy atom. The Labute approximate surface area is 318 Å². The number of ether oxygens (including phenoxy) is 2. The van der Waals surface area contributed by atoms with Gasteiger partial charge >= 0.3 is 0 Å². The average molecular weight is 799 g/mol. The highest BCUT2D eigenvalue weighted by Crippen LogP contribution is 2.49. The number of hydrogen-bond acceptors (Lipinski definition) is 16. The normalized spacial score (nSPS) is 12.3. The number of phenolic OH excluding ortho intramolecular Hbond substituents is 2. The molecule has 6 rings (SSSR count). The van der Waals surface area contributed by atoms with Crippen LogP contribution in [-0.2, 0) is 20.2 Å². The van der Waals surface area contributed by atoms with Gasteiger partial charge in [-0.3, -0.25) is 9.11 Å². The van der Waals surface area contributed by atoms with Gasteiger partial charge in [0.25, 0.3) is 20.2 Å². The molecule has 0 atom stereocenters. The molecule has 0 spiro atoms. The molecule has 0 bridgehead atoms. The van der Waals surface area contributed by atoms with Gasteiger partial charge in [-0.2, -0.15) is 21.9 Å². The minimum atomic E-state index is -5.11. The third-order valence-electron chi connectivity index (χ3n) is 8.12. The van der Waals surface area contributed by atoms with E-state index in [0.29, 0.717) is 28.3 Å². The number of nitrogens with zero attached hydrogens (tertiary/aromatic N) is 6. The Balaban J connectivity index is 1.40. The monoisotopic (exact) mass is 798 g/mol. The Kier molecular flexibility index (Phi) is 10.6. The number of phenols is 2. The Bertz CT molecular complexity index is 2830. The number of nitrogen functional groups attached to an aromatic ring is 2. The number of methoxy groups -OCH3 is 2. The average Bonchev–Trinajstić information content (AvgIpc) is 3.16. The van der Waals surface area contributed by atoms with Gasteiger partial charge in [0.15, 0.2) is 5.75 Å². The molecule has 0 saturated heterocycles. The largest absolute Gasteiger partial charge is 0.508 e. The highest BCUT2D eigenvalue weighted by molar-refractivity contribution is 7.86. The zero-order chi connectivity index (χ0) is 40.4. The van der Waals surface area contributed by atoms with E-state index in [4.69, 9.17) is 20.9 Å². The first kappa shape index (κ1) is 38.7. The number of aromatic hydroxyl groups is 2. The summed E-state index contributed by atoms with van der Waals surface area (Å²) in [5.41, 5.74) is 13.0. The summed E-state index contributed by atoms with van der Waals surface area (Å²) in [6.07, 6.45) is 0. The van der Waals surface area contributed by atoms with Gasteiger partial charge in [0.2, 0.25) is 0 Å². The van der Waals surface area contributed by atoms with Gasteiger partial charge < -0.3 is 31.2 Å². The lowest BCUT2D eigenvalue weighted by Crippen LogP contribution is -2.03. The molecular weight excluding hydrogens is 769 g/mol. The molecule has 6 aromatic rings. The van der Waals surface area contributed by atoms with Crippen molar-refractivity contribution in [2.75, 3.05) is 25.7 Å². The number of anilines is 2. The van der Waals surface area contributed by atoms with E-state index in [1.165, 1.54) is 38.5 Å². The molecule has 0 amide bonds. The van der Waals surface area contributed by atoms with Gasteiger partial charge in [-0.1, -0.05) is 30.3 Å². The number of hydrogen-bond donors (Lipinski definition) is 6. The van der Waals surface area contributed by atoms with Crippen molar-refractivity contribution in [1.82, 2.24) is 0 Å². The van der Waals surface area contributed by atoms with Crippen molar-refractivity contribution in [1.29, 1.82) is 0 Å². The third-order valence-corrected chi connectivity index (χ3v) is 9.85. The Morgan fingerprint density at radius 3 is 1.61 bits per heavy atom. The van der Waals surface area contributed by atoms with Crippen LogP contribution in [0, 0.1) is 0 Å². The van der Waals surface area contributed by atoms with Crippen LogP contribution >= 0.6 is 0 Å². The molecular formula is C36H30N8O10S2. The summed E-state index contributed by atoms with van der Waals surface area (Å²) in [5.74, 6) is -0.356. The number of fused-ring (bicyclic) bond motifs is 1. The topological polar surface area (TPSA) is 294 Å². The van der Waals surface area contributed by atoms with E-state index < -0.39 is 52.8 Å². The van der Waals surface area contributed by atoms with Crippen LogP contribution in [0.3, 0.4) is 0 Å². The van der Waals surface area contributed by atoms with Gasteiger partial charge in [0.1, 0.15) is 55.5 Å².